The Bertz CT molecular complexity index is 1080. The topological polar surface area (TPSA) is 68.1 Å². The minimum absolute atomic E-state index is 0.242. The van der Waals surface area contributed by atoms with Crippen LogP contribution in [0.3, 0.4) is 0 Å². The molecule has 0 aliphatic heterocycles. The molecule has 0 heterocycles. The van der Waals surface area contributed by atoms with Crippen molar-refractivity contribution in [3.8, 4) is 5.75 Å². The molecule has 0 spiro atoms. The first-order valence-electron chi connectivity index (χ1n) is 11.1. The largest absolute Gasteiger partial charge is 0.482 e. The Kier molecular flexibility index (Phi) is 7.54. The van der Waals surface area contributed by atoms with Crippen molar-refractivity contribution >= 4 is 18.3 Å². The number of hydrogen-bond acceptors (Lipinski definition) is 4. The van der Waals surface area contributed by atoms with Crippen molar-refractivity contribution in [3.05, 3.63) is 107 Å². The molecule has 33 heavy (non-hydrogen) atoms. The third-order valence-electron chi connectivity index (χ3n) is 5.62. The zero-order valence-corrected chi connectivity index (χ0v) is 18.4. The first-order valence-corrected chi connectivity index (χ1v) is 11.1. The summed E-state index contributed by atoms with van der Waals surface area (Å²) < 4.78 is 5.44. The van der Waals surface area contributed by atoms with Gasteiger partial charge >= 0.3 is 5.97 Å². The second kappa shape index (κ2) is 11.1. The highest BCUT2D eigenvalue weighted by molar-refractivity contribution is 5.69. The number of oxime groups is 1. The van der Waals surface area contributed by atoms with Crippen LogP contribution >= 0.6 is 0 Å². The maximum Gasteiger partial charge on any atom is 0.341 e. The summed E-state index contributed by atoms with van der Waals surface area (Å²) in [7, 11) is 0. The fraction of sp³-hybridized carbons (Fsp3) is 0.214. The predicted octanol–water partition coefficient (Wildman–Crippen LogP) is 6.05. The lowest BCUT2D eigenvalue weighted by Crippen LogP contribution is -2.12. The third-order valence-corrected chi connectivity index (χ3v) is 5.62. The van der Waals surface area contributed by atoms with Gasteiger partial charge in [-0.1, -0.05) is 89.6 Å². The van der Waals surface area contributed by atoms with Crippen molar-refractivity contribution in [1.82, 2.24) is 0 Å². The number of aliphatic carboxylic acids is 1. The first-order chi connectivity index (χ1) is 16.2. The number of allylic oxidation sites excluding steroid dienone is 1. The van der Waals surface area contributed by atoms with Gasteiger partial charge in [-0.25, -0.2) is 4.79 Å². The van der Waals surface area contributed by atoms with E-state index in [2.05, 4.69) is 11.2 Å². The molecule has 1 aliphatic carbocycles. The van der Waals surface area contributed by atoms with Crippen molar-refractivity contribution in [1.29, 1.82) is 0 Å². The Hall–Kier alpha value is -3.86. The maximum atomic E-state index is 10.8. The normalized spacial score (nSPS) is 12.9. The Morgan fingerprint density at radius 2 is 1.64 bits per heavy atom. The van der Waals surface area contributed by atoms with E-state index >= 15 is 0 Å². The van der Waals surface area contributed by atoms with E-state index in [-0.39, 0.29) is 12.7 Å². The summed E-state index contributed by atoms with van der Waals surface area (Å²) in [6.45, 7) is -0.323. The second-order valence-electron chi connectivity index (χ2n) is 7.94. The molecule has 1 aliphatic rings. The number of benzene rings is 3. The molecule has 0 atom stereocenters. The highest BCUT2D eigenvalue weighted by atomic mass is 16.6. The van der Waals surface area contributed by atoms with Crippen molar-refractivity contribution < 1.29 is 19.5 Å². The van der Waals surface area contributed by atoms with E-state index in [1.807, 2.05) is 85.1 Å². The van der Waals surface area contributed by atoms with Crippen LogP contribution in [-0.4, -0.2) is 23.9 Å². The second-order valence-corrected chi connectivity index (χ2v) is 7.94. The van der Waals surface area contributed by atoms with Gasteiger partial charge in [0.2, 0.25) is 0 Å². The van der Waals surface area contributed by atoms with Crippen LogP contribution in [0.1, 0.15) is 47.6 Å². The average molecular weight is 442 g/mol. The van der Waals surface area contributed by atoms with Crippen molar-refractivity contribution in [2.45, 2.75) is 31.8 Å². The molecule has 4 rings (SSSR count). The van der Waals surface area contributed by atoms with Crippen molar-refractivity contribution in [3.63, 3.8) is 0 Å². The summed E-state index contributed by atoms with van der Waals surface area (Å²) in [5.74, 6) is -0.309. The van der Waals surface area contributed by atoms with Gasteiger partial charge in [0.15, 0.2) is 12.7 Å². The molecule has 168 valence electrons. The van der Waals surface area contributed by atoms with Gasteiger partial charge in [-0.2, -0.15) is 0 Å². The summed E-state index contributed by atoms with van der Waals surface area (Å²) in [6, 6.07) is 26.0. The van der Waals surface area contributed by atoms with Crippen LogP contribution in [0.15, 0.2) is 89.6 Å². The molecule has 0 aromatic heterocycles. The van der Waals surface area contributed by atoms with Crippen LogP contribution in [0.2, 0.25) is 0 Å². The number of carboxylic acid groups (broad SMARTS) is 1. The highest BCUT2D eigenvalue weighted by Crippen LogP contribution is 2.32. The van der Waals surface area contributed by atoms with Crippen LogP contribution in [-0.2, 0) is 16.1 Å². The third kappa shape index (κ3) is 6.10. The number of nitrogens with zero attached hydrogens (tertiary/aromatic N) is 1. The van der Waals surface area contributed by atoms with Gasteiger partial charge in [0, 0.05) is 11.8 Å². The number of ether oxygens (including phenoxy) is 1. The molecule has 0 bridgehead atoms. The van der Waals surface area contributed by atoms with Gasteiger partial charge in [-0.15, -0.1) is 0 Å². The number of fused-ring (bicyclic) bond motifs is 1. The van der Waals surface area contributed by atoms with Crippen LogP contribution in [0.5, 0.6) is 5.75 Å². The van der Waals surface area contributed by atoms with E-state index in [0.717, 1.165) is 47.9 Å². The molecule has 0 radical (unpaired) electrons. The summed E-state index contributed by atoms with van der Waals surface area (Å²) in [4.78, 5) is 16.7. The molecule has 0 saturated carbocycles. The standard InChI is InChI=1S/C28H27NO4/c30-27(31)20-32-26-15-7-14-24-19-21(16-17-25(24)26)9-8-18-29-33-28(22-10-3-1-4-11-22)23-12-5-2-6-13-23/h1-7,10-15,18-19,28H,8-9,16-17,20H2,(H,30,31). The van der Waals surface area contributed by atoms with Gasteiger partial charge < -0.3 is 14.7 Å². The molecular formula is C28H27NO4. The Balaban J connectivity index is 1.36. The zero-order valence-electron chi connectivity index (χ0n) is 18.4. The Morgan fingerprint density at radius 1 is 0.939 bits per heavy atom. The maximum absolute atomic E-state index is 10.8. The van der Waals surface area contributed by atoms with Gasteiger partial charge in [0.25, 0.3) is 0 Å². The van der Waals surface area contributed by atoms with Crippen LogP contribution < -0.4 is 4.74 Å². The molecule has 1 N–H and O–H groups in total. The fourth-order valence-corrected chi connectivity index (χ4v) is 4.01. The lowest BCUT2D eigenvalue weighted by molar-refractivity contribution is -0.139. The van der Waals surface area contributed by atoms with Gasteiger partial charge in [-0.05, 0) is 48.4 Å². The summed E-state index contributed by atoms with van der Waals surface area (Å²) in [6.07, 6.45) is 7.22. The Labute approximate surface area is 194 Å². The Morgan fingerprint density at radius 3 is 2.30 bits per heavy atom. The van der Waals surface area contributed by atoms with E-state index in [1.165, 1.54) is 5.57 Å². The first kappa shape index (κ1) is 22.3. The monoisotopic (exact) mass is 441 g/mol. The molecule has 3 aromatic rings. The molecule has 3 aromatic carbocycles. The smallest absolute Gasteiger partial charge is 0.341 e. The van der Waals surface area contributed by atoms with Crippen molar-refractivity contribution in [2.75, 3.05) is 6.61 Å². The van der Waals surface area contributed by atoms with E-state index in [1.54, 1.807) is 0 Å². The lowest BCUT2D eigenvalue weighted by atomic mass is 9.89. The van der Waals surface area contributed by atoms with Gasteiger partial charge in [-0.3, -0.25) is 0 Å². The van der Waals surface area contributed by atoms with Gasteiger partial charge in [0.1, 0.15) is 5.75 Å². The summed E-state index contributed by atoms with van der Waals surface area (Å²) >= 11 is 0. The molecule has 0 amide bonds. The fourth-order valence-electron chi connectivity index (χ4n) is 4.01. The molecule has 5 nitrogen and oxygen atoms in total. The molecule has 0 saturated heterocycles. The number of hydrogen-bond donors (Lipinski definition) is 1. The zero-order chi connectivity index (χ0) is 22.9. The number of carbonyl (C=O) groups is 1. The number of rotatable bonds is 10. The molecule has 0 fully saturated rings. The lowest BCUT2D eigenvalue weighted by Gasteiger charge is -2.19. The summed E-state index contributed by atoms with van der Waals surface area (Å²) in [5, 5.41) is 13.1. The van der Waals surface area contributed by atoms with E-state index in [0.29, 0.717) is 5.75 Å². The molecular weight excluding hydrogens is 414 g/mol. The predicted molar refractivity (Wildman–Crippen MR) is 129 cm³/mol. The van der Waals surface area contributed by atoms with Gasteiger partial charge in [0.05, 0.1) is 0 Å². The average Bonchev–Trinajstić information content (AvgIpc) is 2.85. The number of carboxylic acids is 1. The summed E-state index contributed by atoms with van der Waals surface area (Å²) in [5.41, 5.74) is 5.64. The highest BCUT2D eigenvalue weighted by Gasteiger charge is 2.16. The van der Waals surface area contributed by atoms with Crippen molar-refractivity contribution in [2.24, 2.45) is 5.16 Å². The van der Waals surface area contributed by atoms with Crippen LogP contribution in [0.25, 0.3) is 6.08 Å². The van der Waals surface area contributed by atoms with Crippen LogP contribution in [0.4, 0.5) is 0 Å². The van der Waals surface area contributed by atoms with E-state index in [9.17, 15) is 4.79 Å². The van der Waals surface area contributed by atoms with E-state index in [4.69, 9.17) is 14.7 Å². The van der Waals surface area contributed by atoms with E-state index < -0.39 is 5.97 Å². The minimum atomic E-state index is -0.970. The molecule has 5 heteroatoms. The molecule has 0 unspecified atom stereocenters. The quantitative estimate of drug-likeness (QED) is 0.307. The van der Waals surface area contributed by atoms with Crippen LogP contribution in [0, 0.1) is 0 Å². The SMILES string of the molecule is O=C(O)COc1cccc2c1CCC(CCC=NOC(c1ccccc1)c1ccccc1)=C2. The minimum Gasteiger partial charge on any atom is -0.482 e.